The minimum absolute atomic E-state index is 0.128. The van der Waals surface area contributed by atoms with Gasteiger partial charge in [-0.15, -0.1) is 0 Å². The van der Waals surface area contributed by atoms with Crippen molar-refractivity contribution in [2.24, 2.45) is 0 Å². The smallest absolute Gasteiger partial charge is 0.293 e. The molecule has 0 atom stereocenters. The fourth-order valence-electron chi connectivity index (χ4n) is 1.95. The average molecular weight is 244 g/mol. The van der Waals surface area contributed by atoms with Crippen molar-refractivity contribution in [3.8, 4) is 0 Å². The highest BCUT2D eigenvalue weighted by molar-refractivity contribution is 5.17. The molecule has 0 unspecified atom stereocenters. The first-order valence-electron chi connectivity index (χ1n) is 5.96. The van der Waals surface area contributed by atoms with Crippen molar-refractivity contribution in [3.63, 3.8) is 0 Å². The zero-order chi connectivity index (χ0) is 13.1. The summed E-state index contributed by atoms with van der Waals surface area (Å²) in [5.74, 6) is 0.128. The normalized spacial score (nSPS) is 10.8. The van der Waals surface area contributed by atoms with Crippen LogP contribution in [-0.2, 0) is 6.54 Å². The summed E-state index contributed by atoms with van der Waals surface area (Å²) in [4.78, 5) is 25.5. The molecule has 1 N–H and O–H groups in total. The lowest BCUT2D eigenvalue weighted by Gasteiger charge is -2.14. The predicted octanol–water partition coefficient (Wildman–Crippen LogP) is 1.71. The Hall–Kier alpha value is -2.10. The molecule has 0 saturated carbocycles. The molecule has 1 aromatic heterocycles. The Morgan fingerprint density at radius 1 is 1.17 bits per heavy atom. The molecule has 0 radical (unpaired) electrons. The van der Waals surface area contributed by atoms with Crippen LogP contribution in [0.25, 0.3) is 0 Å². The second-order valence-corrected chi connectivity index (χ2v) is 4.59. The summed E-state index contributed by atoms with van der Waals surface area (Å²) < 4.78 is 1.61. The van der Waals surface area contributed by atoms with Crippen LogP contribution in [0, 0.1) is 0 Å². The van der Waals surface area contributed by atoms with Crippen LogP contribution in [0.2, 0.25) is 0 Å². The molecule has 1 aromatic carbocycles. The number of benzene rings is 1. The van der Waals surface area contributed by atoms with Crippen LogP contribution in [0.5, 0.6) is 0 Å². The van der Waals surface area contributed by atoms with E-state index >= 15 is 0 Å². The SMILES string of the molecule is CC(C)c1cc(=O)[nH]c(=O)n1Cc1ccccc1. The van der Waals surface area contributed by atoms with E-state index < -0.39 is 0 Å². The molecule has 2 rings (SSSR count). The molecule has 18 heavy (non-hydrogen) atoms. The highest BCUT2D eigenvalue weighted by Gasteiger charge is 2.09. The maximum absolute atomic E-state index is 11.9. The number of hydrogen-bond donors (Lipinski definition) is 1. The van der Waals surface area contributed by atoms with E-state index in [1.54, 1.807) is 4.57 Å². The summed E-state index contributed by atoms with van der Waals surface area (Å²) in [6, 6.07) is 11.2. The Kier molecular flexibility index (Phi) is 3.46. The molecule has 1 heterocycles. The van der Waals surface area contributed by atoms with Crippen molar-refractivity contribution in [1.82, 2.24) is 9.55 Å². The maximum atomic E-state index is 11.9. The van der Waals surface area contributed by atoms with Crippen molar-refractivity contribution < 1.29 is 0 Å². The average Bonchev–Trinajstić information content (AvgIpc) is 2.33. The number of aromatic amines is 1. The summed E-state index contributed by atoms with van der Waals surface area (Å²) >= 11 is 0. The molecule has 0 spiro atoms. The van der Waals surface area contributed by atoms with Crippen molar-refractivity contribution in [2.75, 3.05) is 0 Å². The quantitative estimate of drug-likeness (QED) is 0.893. The molecule has 0 saturated heterocycles. The first-order valence-corrected chi connectivity index (χ1v) is 5.96. The number of aromatic nitrogens is 2. The topological polar surface area (TPSA) is 54.9 Å². The monoisotopic (exact) mass is 244 g/mol. The molecular weight excluding hydrogens is 228 g/mol. The van der Waals surface area contributed by atoms with Crippen LogP contribution in [0.1, 0.15) is 31.0 Å². The summed E-state index contributed by atoms with van der Waals surface area (Å²) in [6.07, 6.45) is 0. The molecule has 0 amide bonds. The van der Waals surface area contributed by atoms with E-state index in [1.807, 2.05) is 44.2 Å². The Labute approximate surface area is 105 Å². The zero-order valence-corrected chi connectivity index (χ0v) is 10.5. The molecule has 0 fully saturated rings. The summed E-state index contributed by atoms with van der Waals surface area (Å²) in [5, 5.41) is 0. The van der Waals surface area contributed by atoms with Crippen LogP contribution in [0.3, 0.4) is 0 Å². The summed E-state index contributed by atoms with van der Waals surface area (Å²) in [5.41, 5.74) is 1.10. The zero-order valence-electron chi connectivity index (χ0n) is 10.5. The summed E-state index contributed by atoms with van der Waals surface area (Å²) in [6.45, 7) is 4.41. The minimum Gasteiger partial charge on any atom is -0.293 e. The molecule has 0 aliphatic carbocycles. The van der Waals surface area contributed by atoms with Gasteiger partial charge in [0, 0.05) is 11.8 Å². The number of nitrogens with zero attached hydrogens (tertiary/aromatic N) is 1. The van der Waals surface area contributed by atoms with E-state index in [0.717, 1.165) is 11.3 Å². The van der Waals surface area contributed by atoms with Gasteiger partial charge in [-0.3, -0.25) is 14.3 Å². The molecule has 4 nitrogen and oxygen atoms in total. The van der Waals surface area contributed by atoms with Gasteiger partial charge < -0.3 is 0 Å². The van der Waals surface area contributed by atoms with Crippen LogP contribution in [-0.4, -0.2) is 9.55 Å². The van der Waals surface area contributed by atoms with Crippen molar-refractivity contribution in [3.05, 3.63) is 68.5 Å². The Morgan fingerprint density at radius 2 is 1.83 bits per heavy atom. The van der Waals surface area contributed by atoms with Gasteiger partial charge in [0.1, 0.15) is 0 Å². The molecule has 0 aliphatic rings. The van der Waals surface area contributed by atoms with Crippen LogP contribution in [0.15, 0.2) is 46.0 Å². The van der Waals surface area contributed by atoms with Gasteiger partial charge in [-0.1, -0.05) is 44.2 Å². The number of H-pyrrole nitrogens is 1. The first-order chi connectivity index (χ1) is 8.58. The number of rotatable bonds is 3. The fraction of sp³-hybridized carbons (Fsp3) is 0.286. The lowest BCUT2D eigenvalue weighted by molar-refractivity contribution is 0.633. The minimum atomic E-state index is -0.352. The second kappa shape index (κ2) is 5.04. The predicted molar refractivity (Wildman–Crippen MR) is 71.0 cm³/mol. The highest BCUT2D eigenvalue weighted by atomic mass is 16.2. The van der Waals surface area contributed by atoms with Gasteiger partial charge in [0.05, 0.1) is 6.54 Å². The van der Waals surface area contributed by atoms with Gasteiger partial charge in [0.15, 0.2) is 0 Å². The fourth-order valence-corrected chi connectivity index (χ4v) is 1.95. The van der Waals surface area contributed by atoms with Gasteiger partial charge in [-0.05, 0) is 11.5 Å². The van der Waals surface area contributed by atoms with E-state index in [0.29, 0.717) is 6.54 Å². The molecule has 0 bridgehead atoms. The maximum Gasteiger partial charge on any atom is 0.328 e. The number of nitrogens with one attached hydrogen (secondary N) is 1. The molecule has 4 heteroatoms. The van der Waals surface area contributed by atoms with Gasteiger partial charge in [-0.25, -0.2) is 4.79 Å². The molecule has 94 valence electrons. The molecule has 0 aliphatic heterocycles. The van der Waals surface area contributed by atoms with E-state index in [1.165, 1.54) is 6.07 Å². The molecule has 2 aromatic rings. The molecular formula is C14H16N2O2. The van der Waals surface area contributed by atoms with Crippen molar-refractivity contribution in [1.29, 1.82) is 0 Å². The van der Waals surface area contributed by atoms with Crippen LogP contribution < -0.4 is 11.2 Å². The lowest BCUT2D eigenvalue weighted by atomic mass is 10.1. The van der Waals surface area contributed by atoms with Gasteiger partial charge in [0.25, 0.3) is 5.56 Å². The van der Waals surface area contributed by atoms with Crippen LogP contribution >= 0.6 is 0 Å². The largest absolute Gasteiger partial charge is 0.328 e. The Balaban J connectivity index is 2.50. The Bertz CT molecular complexity index is 639. The van der Waals surface area contributed by atoms with Gasteiger partial charge in [0.2, 0.25) is 0 Å². The summed E-state index contributed by atoms with van der Waals surface area (Å²) in [7, 11) is 0. The van der Waals surface area contributed by atoms with Gasteiger partial charge >= 0.3 is 5.69 Å². The lowest BCUT2D eigenvalue weighted by Crippen LogP contribution is -2.32. The van der Waals surface area contributed by atoms with Crippen molar-refractivity contribution >= 4 is 0 Å². The standard InChI is InChI=1S/C14H16N2O2/c1-10(2)12-8-13(17)15-14(18)16(12)9-11-6-4-3-5-7-11/h3-8,10H,9H2,1-2H3,(H,15,17,18). The first kappa shape index (κ1) is 12.4. The highest BCUT2D eigenvalue weighted by Crippen LogP contribution is 2.11. The Morgan fingerprint density at radius 3 is 2.44 bits per heavy atom. The third kappa shape index (κ3) is 2.59. The third-order valence-corrected chi connectivity index (χ3v) is 2.84. The number of hydrogen-bond acceptors (Lipinski definition) is 2. The van der Waals surface area contributed by atoms with E-state index in [9.17, 15) is 9.59 Å². The van der Waals surface area contributed by atoms with E-state index in [-0.39, 0.29) is 17.2 Å². The van der Waals surface area contributed by atoms with Gasteiger partial charge in [-0.2, -0.15) is 0 Å². The second-order valence-electron chi connectivity index (χ2n) is 4.59. The van der Waals surface area contributed by atoms with Crippen LogP contribution in [0.4, 0.5) is 0 Å². The van der Waals surface area contributed by atoms with E-state index in [4.69, 9.17) is 0 Å². The van der Waals surface area contributed by atoms with Crippen molar-refractivity contribution in [2.45, 2.75) is 26.3 Å². The third-order valence-electron chi connectivity index (χ3n) is 2.84. The van der Waals surface area contributed by atoms with E-state index in [2.05, 4.69) is 4.98 Å².